The molecule has 2 N–H and O–H groups in total. The topological polar surface area (TPSA) is 58.6 Å². The molecule has 1 amide bonds. The minimum atomic E-state index is -3.76. The predicted octanol–water partition coefficient (Wildman–Crippen LogP) is 2.00. The molecule has 0 radical (unpaired) electrons. The summed E-state index contributed by atoms with van der Waals surface area (Å²) in [6.07, 6.45) is 0.900. The van der Waals surface area contributed by atoms with Crippen LogP contribution < -0.4 is 5.32 Å². The Morgan fingerprint density at radius 1 is 1.30 bits per heavy atom. The first-order chi connectivity index (χ1) is 8.90. The number of halogens is 2. The third kappa shape index (κ3) is 2.44. The highest BCUT2D eigenvalue weighted by Crippen LogP contribution is 2.45. The third-order valence-electron chi connectivity index (χ3n) is 4.43. The maximum atomic E-state index is 14.0. The van der Waals surface area contributed by atoms with Gasteiger partial charge in [0.15, 0.2) is 0 Å². The minimum Gasteiger partial charge on any atom is -0.383 e. The van der Waals surface area contributed by atoms with Crippen molar-refractivity contribution < 1.29 is 23.4 Å². The number of alkyl halides is 2. The van der Waals surface area contributed by atoms with Gasteiger partial charge < -0.3 is 15.2 Å². The van der Waals surface area contributed by atoms with Gasteiger partial charge in [-0.2, -0.15) is 8.78 Å². The fourth-order valence-electron chi connectivity index (χ4n) is 3.07. The van der Waals surface area contributed by atoms with Crippen LogP contribution in [-0.4, -0.2) is 39.8 Å². The van der Waals surface area contributed by atoms with Crippen LogP contribution in [0.2, 0.25) is 0 Å². The first kappa shape index (κ1) is 15.6. The van der Waals surface area contributed by atoms with E-state index < -0.39 is 34.7 Å². The SMILES string of the molecule is CC1(C)CC(NC(=O)C(F)(F)C2(O)CCC2)C(C)(C)O1. The molecule has 116 valence electrons. The molecule has 2 fully saturated rings. The van der Waals surface area contributed by atoms with Gasteiger partial charge in [-0.25, -0.2) is 0 Å². The van der Waals surface area contributed by atoms with Crippen molar-refractivity contribution in [2.75, 3.05) is 0 Å². The number of amides is 1. The molecule has 0 aromatic heterocycles. The summed E-state index contributed by atoms with van der Waals surface area (Å²) in [5.74, 6) is -5.16. The van der Waals surface area contributed by atoms with Crippen LogP contribution in [0.1, 0.15) is 53.4 Å². The number of hydrogen-bond donors (Lipinski definition) is 2. The normalized spacial score (nSPS) is 30.6. The summed E-state index contributed by atoms with van der Waals surface area (Å²) >= 11 is 0. The van der Waals surface area contributed by atoms with Gasteiger partial charge in [0.25, 0.3) is 5.91 Å². The Labute approximate surface area is 117 Å². The molecule has 1 atom stereocenters. The van der Waals surface area contributed by atoms with Crippen LogP contribution >= 0.6 is 0 Å². The van der Waals surface area contributed by atoms with Gasteiger partial charge in [-0.05, 0) is 53.4 Å². The first-order valence-electron chi connectivity index (χ1n) is 7.01. The van der Waals surface area contributed by atoms with Gasteiger partial charge in [0.1, 0.15) is 5.60 Å². The lowest BCUT2D eigenvalue weighted by molar-refractivity contribution is -0.216. The molecule has 2 aliphatic rings. The number of hydrogen-bond acceptors (Lipinski definition) is 3. The summed E-state index contributed by atoms with van der Waals surface area (Å²) in [7, 11) is 0. The molecule has 1 unspecified atom stereocenters. The lowest BCUT2D eigenvalue weighted by Crippen LogP contribution is -2.63. The number of rotatable bonds is 3. The summed E-state index contributed by atoms with van der Waals surface area (Å²) < 4.78 is 33.8. The van der Waals surface area contributed by atoms with E-state index in [1.54, 1.807) is 13.8 Å². The van der Waals surface area contributed by atoms with E-state index in [0.29, 0.717) is 12.8 Å². The highest BCUT2D eigenvalue weighted by atomic mass is 19.3. The number of nitrogens with one attached hydrogen (secondary N) is 1. The quantitative estimate of drug-likeness (QED) is 0.836. The monoisotopic (exact) mass is 291 g/mol. The van der Waals surface area contributed by atoms with Crippen LogP contribution in [0.25, 0.3) is 0 Å². The molecular formula is C14H23F2NO3. The molecule has 6 heteroatoms. The zero-order valence-corrected chi connectivity index (χ0v) is 12.4. The highest BCUT2D eigenvalue weighted by molar-refractivity contribution is 5.85. The molecule has 1 aliphatic carbocycles. The molecule has 1 saturated carbocycles. The highest BCUT2D eigenvalue weighted by Gasteiger charge is 2.62. The molecule has 0 aromatic rings. The zero-order chi connectivity index (χ0) is 15.4. The molecule has 1 aliphatic heterocycles. The first-order valence-corrected chi connectivity index (χ1v) is 7.01. The van der Waals surface area contributed by atoms with Gasteiger partial charge in [-0.1, -0.05) is 0 Å². The number of ether oxygens (including phenoxy) is 1. The molecule has 1 saturated heterocycles. The lowest BCUT2D eigenvalue weighted by atomic mass is 9.75. The van der Waals surface area contributed by atoms with Crippen molar-refractivity contribution in [3.8, 4) is 0 Å². The van der Waals surface area contributed by atoms with E-state index in [2.05, 4.69) is 5.32 Å². The van der Waals surface area contributed by atoms with Crippen LogP contribution in [0.3, 0.4) is 0 Å². The second kappa shape index (κ2) is 4.37. The average molecular weight is 291 g/mol. The van der Waals surface area contributed by atoms with Crippen molar-refractivity contribution in [2.24, 2.45) is 0 Å². The van der Waals surface area contributed by atoms with Gasteiger partial charge in [0.2, 0.25) is 0 Å². The Morgan fingerprint density at radius 2 is 1.85 bits per heavy atom. The number of carbonyl (C=O) groups excluding carboxylic acids is 1. The van der Waals surface area contributed by atoms with Crippen molar-refractivity contribution in [1.29, 1.82) is 0 Å². The van der Waals surface area contributed by atoms with Crippen LogP contribution in [0.4, 0.5) is 8.78 Å². The molecule has 0 aromatic carbocycles. The van der Waals surface area contributed by atoms with Gasteiger partial charge in [-0.15, -0.1) is 0 Å². The summed E-state index contributed by atoms with van der Waals surface area (Å²) in [5.41, 5.74) is -3.36. The Hall–Kier alpha value is -0.750. The van der Waals surface area contributed by atoms with Crippen LogP contribution in [0, 0.1) is 0 Å². The Balaban J connectivity index is 2.08. The lowest BCUT2D eigenvalue weighted by Gasteiger charge is -2.42. The predicted molar refractivity (Wildman–Crippen MR) is 69.5 cm³/mol. The fraction of sp³-hybridized carbons (Fsp3) is 0.929. The van der Waals surface area contributed by atoms with Crippen LogP contribution in [0.15, 0.2) is 0 Å². The maximum Gasteiger partial charge on any atom is 0.352 e. The van der Waals surface area contributed by atoms with Gasteiger partial charge >= 0.3 is 5.92 Å². The molecule has 1 heterocycles. The summed E-state index contributed by atoms with van der Waals surface area (Å²) in [5, 5.41) is 12.1. The Bertz CT molecular complexity index is 417. The van der Waals surface area contributed by atoms with Gasteiger partial charge in [0.05, 0.1) is 17.2 Å². The third-order valence-corrected chi connectivity index (χ3v) is 4.43. The largest absolute Gasteiger partial charge is 0.383 e. The zero-order valence-electron chi connectivity index (χ0n) is 12.4. The van der Waals surface area contributed by atoms with Gasteiger partial charge in [0, 0.05) is 0 Å². The average Bonchev–Trinajstić information content (AvgIpc) is 2.42. The van der Waals surface area contributed by atoms with E-state index in [9.17, 15) is 18.7 Å². The Morgan fingerprint density at radius 3 is 2.20 bits per heavy atom. The molecule has 0 spiro atoms. The van der Waals surface area contributed by atoms with E-state index >= 15 is 0 Å². The summed E-state index contributed by atoms with van der Waals surface area (Å²) in [4.78, 5) is 11.9. The van der Waals surface area contributed by atoms with Crippen molar-refractivity contribution >= 4 is 5.91 Å². The van der Waals surface area contributed by atoms with Crippen molar-refractivity contribution in [3.05, 3.63) is 0 Å². The van der Waals surface area contributed by atoms with E-state index in [4.69, 9.17) is 4.74 Å². The second-order valence-electron chi connectivity index (χ2n) is 7.15. The van der Waals surface area contributed by atoms with E-state index in [1.807, 2.05) is 13.8 Å². The van der Waals surface area contributed by atoms with Crippen LogP contribution in [0.5, 0.6) is 0 Å². The maximum absolute atomic E-state index is 14.0. The summed E-state index contributed by atoms with van der Waals surface area (Å²) in [6.45, 7) is 7.25. The number of aliphatic hydroxyl groups is 1. The van der Waals surface area contributed by atoms with Crippen LogP contribution in [-0.2, 0) is 9.53 Å². The molecular weight excluding hydrogens is 268 g/mol. The smallest absolute Gasteiger partial charge is 0.352 e. The second-order valence-corrected chi connectivity index (χ2v) is 7.15. The van der Waals surface area contributed by atoms with E-state index in [1.165, 1.54) is 0 Å². The van der Waals surface area contributed by atoms with Gasteiger partial charge in [-0.3, -0.25) is 4.79 Å². The van der Waals surface area contributed by atoms with Crippen molar-refractivity contribution in [2.45, 2.75) is 82.1 Å². The molecule has 0 bridgehead atoms. The number of carbonyl (C=O) groups is 1. The molecule has 4 nitrogen and oxygen atoms in total. The van der Waals surface area contributed by atoms with E-state index in [0.717, 1.165) is 0 Å². The molecule has 20 heavy (non-hydrogen) atoms. The Kier molecular flexibility index (Phi) is 3.42. The fourth-order valence-corrected chi connectivity index (χ4v) is 3.07. The summed E-state index contributed by atoms with van der Waals surface area (Å²) in [6, 6.07) is -0.500. The van der Waals surface area contributed by atoms with E-state index in [-0.39, 0.29) is 12.8 Å². The minimum absolute atomic E-state index is 0.0382. The molecule has 2 rings (SSSR count). The van der Waals surface area contributed by atoms with Crippen molar-refractivity contribution in [1.82, 2.24) is 5.32 Å². The van der Waals surface area contributed by atoms with Crippen molar-refractivity contribution in [3.63, 3.8) is 0 Å². The standard InChI is InChI=1S/C14H23F2NO3/c1-11(2)8-9(12(3,4)20-11)17-10(18)14(15,16)13(19)6-5-7-13/h9,19H,5-8H2,1-4H3,(H,17,18).